The van der Waals surface area contributed by atoms with Gasteiger partial charge in [-0.05, 0) is 19.5 Å². The molecule has 1 atom stereocenters. The highest BCUT2D eigenvalue weighted by Gasteiger charge is 2.42. The molecule has 0 fully saturated rings. The molecule has 0 aromatic heterocycles. The molecule has 0 bridgehead atoms. The summed E-state index contributed by atoms with van der Waals surface area (Å²) in [6.45, 7) is 4.74. The SMILES string of the molecule is CCCCN(CC)CC(C(=N)N)C(F)(F)F. The number of amidine groups is 1. The van der Waals surface area contributed by atoms with Crippen molar-refractivity contribution in [1.29, 1.82) is 5.41 Å². The minimum absolute atomic E-state index is 0.213. The molecular weight excluding hydrogens is 219 g/mol. The second-order valence-corrected chi connectivity index (χ2v) is 3.80. The van der Waals surface area contributed by atoms with Gasteiger partial charge >= 0.3 is 6.18 Å². The van der Waals surface area contributed by atoms with Gasteiger partial charge in [-0.3, -0.25) is 5.41 Å². The molecule has 0 aliphatic heterocycles. The molecule has 3 N–H and O–H groups in total. The summed E-state index contributed by atoms with van der Waals surface area (Å²) in [7, 11) is 0. The third-order valence-electron chi connectivity index (χ3n) is 2.49. The minimum Gasteiger partial charge on any atom is -0.387 e. The van der Waals surface area contributed by atoms with Crippen LogP contribution in [-0.2, 0) is 0 Å². The molecule has 0 radical (unpaired) electrons. The zero-order valence-electron chi connectivity index (χ0n) is 9.77. The van der Waals surface area contributed by atoms with Crippen LogP contribution in [0.15, 0.2) is 0 Å². The van der Waals surface area contributed by atoms with E-state index in [-0.39, 0.29) is 6.54 Å². The Hall–Kier alpha value is -0.780. The van der Waals surface area contributed by atoms with Gasteiger partial charge in [-0.15, -0.1) is 0 Å². The quantitative estimate of drug-likeness (QED) is 0.528. The Morgan fingerprint density at radius 2 is 1.94 bits per heavy atom. The van der Waals surface area contributed by atoms with Crippen molar-refractivity contribution in [3.05, 3.63) is 0 Å². The van der Waals surface area contributed by atoms with Crippen molar-refractivity contribution < 1.29 is 13.2 Å². The third-order valence-corrected chi connectivity index (χ3v) is 2.49. The second kappa shape index (κ2) is 6.73. The molecule has 16 heavy (non-hydrogen) atoms. The molecule has 3 nitrogen and oxygen atoms in total. The molecule has 0 aromatic carbocycles. The average molecular weight is 239 g/mol. The van der Waals surface area contributed by atoms with Gasteiger partial charge in [-0.25, -0.2) is 0 Å². The maximum absolute atomic E-state index is 12.5. The Balaban J connectivity index is 4.42. The molecule has 0 amide bonds. The van der Waals surface area contributed by atoms with E-state index in [9.17, 15) is 13.2 Å². The summed E-state index contributed by atoms with van der Waals surface area (Å²) >= 11 is 0. The molecular formula is C10H20F3N3. The molecule has 0 heterocycles. The lowest BCUT2D eigenvalue weighted by Crippen LogP contribution is -2.44. The van der Waals surface area contributed by atoms with Crippen LogP contribution in [0, 0.1) is 11.3 Å². The van der Waals surface area contributed by atoms with Crippen LogP contribution >= 0.6 is 0 Å². The summed E-state index contributed by atoms with van der Waals surface area (Å²) < 4.78 is 37.6. The molecule has 0 spiro atoms. The summed E-state index contributed by atoms with van der Waals surface area (Å²) in [4.78, 5) is 1.68. The molecule has 0 saturated heterocycles. The van der Waals surface area contributed by atoms with E-state index in [2.05, 4.69) is 0 Å². The highest BCUT2D eigenvalue weighted by molar-refractivity contribution is 5.80. The molecule has 0 aromatic rings. The predicted octanol–water partition coefficient (Wildman–Crippen LogP) is 2.22. The Kier molecular flexibility index (Phi) is 6.40. The summed E-state index contributed by atoms with van der Waals surface area (Å²) in [5.74, 6) is -2.65. The Morgan fingerprint density at radius 1 is 1.38 bits per heavy atom. The van der Waals surface area contributed by atoms with Crippen molar-refractivity contribution in [3.63, 3.8) is 0 Å². The number of hydrogen-bond acceptors (Lipinski definition) is 2. The van der Waals surface area contributed by atoms with Crippen molar-refractivity contribution in [1.82, 2.24) is 4.90 Å². The Labute approximate surface area is 94.3 Å². The minimum atomic E-state index is -4.43. The van der Waals surface area contributed by atoms with Gasteiger partial charge in [-0.2, -0.15) is 13.2 Å². The van der Waals surface area contributed by atoms with Gasteiger partial charge in [0.15, 0.2) is 0 Å². The number of rotatable bonds is 7. The molecule has 1 unspecified atom stereocenters. The molecule has 0 aliphatic carbocycles. The number of unbranched alkanes of at least 4 members (excludes halogenated alkanes) is 1. The number of nitrogens with one attached hydrogen (secondary N) is 1. The lowest BCUT2D eigenvalue weighted by Gasteiger charge is -2.27. The summed E-state index contributed by atoms with van der Waals surface area (Å²) in [6, 6.07) is 0. The van der Waals surface area contributed by atoms with Gasteiger partial charge in [-0.1, -0.05) is 20.3 Å². The van der Waals surface area contributed by atoms with Crippen LogP contribution in [0.25, 0.3) is 0 Å². The molecule has 6 heteroatoms. The first-order valence-corrected chi connectivity index (χ1v) is 5.45. The highest BCUT2D eigenvalue weighted by atomic mass is 19.4. The molecule has 0 rings (SSSR count). The summed E-state index contributed by atoms with van der Waals surface area (Å²) in [5.41, 5.74) is 4.99. The summed E-state index contributed by atoms with van der Waals surface area (Å²) in [5, 5.41) is 6.98. The van der Waals surface area contributed by atoms with Crippen molar-refractivity contribution in [3.8, 4) is 0 Å². The van der Waals surface area contributed by atoms with Crippen LogP contribution in [0.5, 0.6) is 0 Å². The van der Waals surface area contributed by atoms with Gasteiger partial charge in [0.25, 0.3) is 0 Å². The Morgan fingerprint density at radius 3 is 2.25 bits per heavy atom. The zero-order valence-corrected chi connectivity index (χ0v) is 9.77. The van der Waals surface area contributed by atoms with Crippen LogP contribution in [0.3, 0.4) is 0 Å². The molecule has 0 aliphatic rings. The Bertz CT molecular complexity index is 216. The van der Waals surface area contributed by atoms with Crippen molar-refractivity contribution >= 4 is 5.84 Å². The smallest absolute Gasteiger partial charge is 0.387 e. The van der Waals surface area contributed by atoms with Gasteiger partial charge in [0, 0.05) is 6.54 Å². The van der Waals surface area contributed by atoms with Crippen LogP contribution in [-0.4, -0.2) is 36.5 Å². The first kappa shape index (κ1) is 15.2. The van der Waals surface area contributed by atoms with Crippen LogP contribution in [0.2, 0.25) is 0 Å². The number of nitrogens with zero attached hydrogens (tertiary/aromatic N) is 1. The number of alkyl halides is 3. The van der Waals surface area contributed by atoms with E-state index in [1.54, 1.807) is 4.90 Å². The van der Waals surface area contributed by atoms with Gasteiger partial charge in [0.2, 0.25) is 0 Å². The van der Waals surface area contributed by atoms with Crippen molar-refractivity contribution in [2.75, 3.05) is 19.6 Å². The number of hydrogen-bond donors (Lipinski definition) is 2. The lowest BCUT2D eigenvalue weighted by atomic mass is 10.1. The van der Waals surface area contributed by atoms with Crippen molar-refractivity contribution in [2.24, 2.45) is 11.7 Å². The maximum atomic E-state index is 12.5. The van der Waals surface area contributed by atoms with Crippen LogP contribution in [0.4, 0.5) is 13.2 Å². The van der Waals surface area contributed by atoms with E-state index in [0.717, 1.165) is 12.8 Å². The number of nitrogens with two attached hydrogens (primary N) is 1. The average Bonchev–Trinajstić information content (AvgIpc) is 2.15. The van der Waals surface area contributed by atoms with E-state index >= 15 is 0 Å². The highest BCUT2D eigenvalue weighted by Crippen LogP contribution is 2.26. The topological polar surface area (TPSA) is 53.1 Å². The largest absolute Gasteiger partial charge is 0.399 e. The first-order valence-electron chi connectivity index (χ1n) is 5.45. The molecule has 0 saturated carbocycles. The third kappa shape index (κ3) is 5.34. The number of halogens is 3. The monoisotopic (exact) mass is 239 g/mol. The van der Waals surface area contributed by atoms with Crippen LogP contribution < -0.4 is 5.73 Å². The fourth-order valence-electron chi connectivity index (χ4n) is 1.40. The van der Waals surface area contributed by atoms with Gasteiger partial charge < -0.3 is 10.6 Å². The van der Waals surface area contributed by atoms with E-state index in [0.29, 0.717) is 13.1 Å². The van der Waals surface area contributed by atoms with E-state index < -0.39 is 17.9 Å². The fraction of sp³-hybridized carbons (Fsp3) is 0.900. The first-order chi connectivity index (χ1) is 7.32. The predicted molar refractivity (Wildman–Crippen MR) is 58.5 cm³/mol. The molecule has 96 valence electrons. The van der Waals surface area contributed by atoms with Gasteiger partial charge in [0.1, 0.15) is 11.8 Å². The van der Waals surface area contributed by atoms with E-state index in [4.69, 9.17) is 11.1 Å². The van der Waals surface area contributed by atoms with Crippen molar-refractivity contribution in [2.45, 2.75) is 32.9 Å². The van der Waals surface area contributed by atoms with E-state index in [1.807, 2.05) is 13.8 Å². The normalized spacial score (nSPS) is 14.1. The van der Waals surface area contributed by atoms with Crippen LogP contribution in [0.1, 0.15) is 26.7 Å². The zero-order chi connectivity index (χ0) is 12.8. The maximum Gasteiger partial charge on any atom is 0.399 e. The lowest BCUT2D eigenvalue weighted by molar-refractivity contribution is -0.159. The summed E-state index contributed by atoms with van der Waals surface area (Å²) in [6.07, 6.45) is -2.63. The second-order valence-electron chi connectivity index (χ2n) is 3.80. The standard InChI is InChI=1S/C10H20F3N3/c1-3-5-6-16(4-2)7-8(9(14)15)10(11,12)13/h8H,3-7H2,1-2H3,(H3,14,15). The van der Waals surface area contributed by atoms with Gasteiger partial charge in [0.05, 0.1) is 0 Å². The fourth-order valence-corrected chi connectivity index (χ4v) is 1.40. The van der Waals surface area contributed by atoms with E-state index in [1.165, 1.54) is 0 Å².